The predicted octanol–water partition coefficient (Wildman–Crippen LogP) is 2.95. The molecule has 0 radical (unpaired) electrons. The Kier molecular flexibility index (Phi) is 5.85. The number of amides is 1. The Morgan fingerprint density at radius 1 is 1.14 bits per heavy atom. The van der Waals surface area contributed by atoms with Crippen LogP contribution in [0.3, 0.4) is 0 Å². The second-order valence-electron chi connectivity index (χ2n) is 9.50. The summed E-state index contributed by atoms with van der Waals surface area (Å²) in [5, 5.41) is 11.7. The van der Waals surface area contributed by atoms with Crippen LogP contribution in [-0.2, 0) is 0 Å². The Morgan fingerprint density at radius 2 is 1.86 bits per heavy atom. The highest BCUT2D eigenvalue weighted by Gasteiger charge is 2.39. The molecule has 3 aliphatic rings. The summed E-state index contributed by atoms with van der Waals surface area (Å²) in [7, 11) is 0. The van der Waals surface area contributed by atoms with Crippen LogP contribution in [0.1, 0.15) is 62.9 Å². The number of aromatic nitrogens is 2. The zero-order valence-electron chi connectivity index (χ0n) is 17.5. The van der Waals surface area contributed by atoms with Crippen LogP contribution < -0.4 is 10.2 Å². The Labute approximate surface area is 169 Å². The van der Waals surface area contributed by atoms with Crippen molar-refractivity contribution >= 4 is 11.7 Å². The standard InChI is InChI=1S/C22H35N5O/c1-3-26-9-11-27(12-10-26)20-8-7-19(24-25-20)21(28)23-16-22(2)14-17-5-4-6-18(13-17)15-22/h7-8,17-18H,3-6,9-16H2,1-2H3,(H,23,28). The van der Waals surface area contributed by atoms with Crippen LogP contribution in [0.4, 0.5) is 5.82 Å². The number of carbonyl (C=O) groups excluding carboxylic acids is 1. The molecule has 1 aromatic rings. The number of carbonyl (C=O) groups is 1. The molecule has 2 unspecified atom stereocenters. The molecule has 1 N–H and O–H groups in total. The maximum absolute atomic E-state index is 12.6. The lowest BCUT2D eigenvalue weighted by molar-refractivity contribution is 0.0631. The van der Waals surface area contributed by atoms with Crippen LogP contribution in [0.5, 0.6) is 0 Å². The van der Waals surface area contributed by atoms with Gasteiger partial charge in [-0.3, -0.25) is 4.79 Å². The van der Waals surface area contributed by atoms with E-state index < -0.39 is 0 Å². The molecule has 1 saturated heterocycles. The minimum atomic E-state index is -0.0909. The lowest BCUT2D eigenvalue weighted by Gasteiger charge is -2.45. The van der Waals surface area contributed by atoms with Crippen LogP contribution in [-0.4, -0.2) is 60.3 Å². The molecule has 6 heteroatoms. The van der Waals surface area contributed by atoms with Crippen molar-refractivity contribution in [2.24, 2.45) is 17.3 Å². The molecule has 6 nitrogen and oxygen atoms in total. The highest BCUT2D eigenvalue weighted by Crippen LogP contribution is 2.48. The second-order valence-corrected chi connectivity index (χ2v) is 9.50. The number of fused-ring (bicyclic) bond motifs is 2. The van der Waals surface area contributed by atoms with E-state index in [-0.39, 0.29) is 11.3 Å². The number of anilines is 1. The lowest BCUT2D eigenvalue weighted by Crippen LogP contribution is -2.46. The van der Waals surface area contributed by atoms with Crippen LogP contribution in [0.15, 0.2) is 12.1 Å². The van der Waals surface area contributed by atoms with E-state index in [1.807, 2.05) is 12.1 Å². The Balaban J connectivity index is 1.30. The van der Waals surface area contributed by atoms with Gasteiger partial charge in [-0.05, 0) is 55.2 Å². The average molecular weight is 386 g/mol. The number of hydrogen-bond acceptors (Lipinski definition) is 5. The van der Waals surface area contributed by atoms with Crippen LogP contribution in [0.25, 0.3) is 0 Å². The first-order valence-electron chi connectivity index (χ1n) is 11.1. The number of piperazine rings is 1. The van der Waals surface area contributed by atoms with Crippen LogP contribution >= 0.6 is 0 Å². The average Bonchev–Trinajstić information content (AvgIpc) is 2.72. The molecule has 1 aromatic heterocycles. The SMILES string of the molecule is CCN1CCN(c2ccc(C(=O)NCC3(C)CC4CCCC(C4)C3)nn2)CC1. The Hall–Kier alpha value is -1.69. The molecule has 2 heterocycles. The fourth-order valence-corrected chi connectivity index (χ4v) is 5.69. The third kappa shape index (κ3) is 4.48. The molecule has 3 fully saturated rings. The quantitative estimate of drug-likeness (QED) is 0.844. The van der Waals surface area contributed by atoms with Gasteiger partial charge in [0.15, 0.2) is 11.5 Å². The monoisotopic (exact) mass is 385 g/mol. The van der Waals surface area contributed by atoms with Gasteiger partial charge in [-0.2, -0.15) is 0 Å². The number of likely N-dealkylation sites (N-methyl/N-ethyl adjacent to an activating group) is 1. The van der Waals surface area contributed by atoms with Gasteiger partial charge >= 0.3 is 0 Å². The largest absolute Gasteiger partial charge is 0.353 e. The van der Waals surface area contributed by atoms with E-state index >= 15 is 0 Å². The van der Waals surface area contributed by atoms with E-state index in [2.05, 4.69) is 39.2 Å². The molecule has 0 aromatic carbocycles. The van der Waals surface area contributed by atoms with Crippen LogP contribution in [0.2, 0.25) is 0 Å². The first-order chi connectivity index (χ1) is 13.5. The first-order valence-corrected chi connectivity index (χ1v) is 11.1. The summed E-state index contributed by atoms with van der Waals surface area (Å²) >= 11 is 0. The summed E-state index contributed by atoms with van der Waals surface area (Å²) in [4.78, 5) is 17.3. The third-order valence-electron chi connectivity index (χ3n) is 7.16. The van der Waals surface area contributed by atoms with E-state index in [1.165, 1.54) is 38.5 Å². The van der Waals surface area contributed by atoms with Crippen molar-refractivity contribution in [3.8, 4) is 0 Å². The van der Waals surface area contributed by atoms with Gasteiger partial charge in [-0.15, -0.1) is 10.2 Å². The van der Waals surface area contributed by atoms with Crippen molar-refractivity contribution in [2.45, 2.75) is 52.4 Å². The highest BCUT2D eigenvalue weighted by atomic mass is 16.1. The molecular formula is C22H35N5O. The van der Waals surface area contributed by atoms with E-state index in [0.717, 1.165) is 56.9 Å². The van der Waals surface area contributed by atoms with E-state index in [4.69, 9.17) is 0 Å². The van der Waals surface area contributed by atoms with Gasteiger partial charge in [0.05, 0.1) is 0 Å². The molecule has 28 heavy (non-hydrogen) atoms. The lowest BCUT2D eigenvalue weighted by atomic mass is 9.61. The molecule has 2 atom stereocenters. The minimum absolute atomic E-state index is 0.0909. The number of nitrogens with zero attached hydrogens (tertiary/aromatic N) is 4. The maximum Gasteiger partial charge on any atom is 0.271 e. The maximum atomic E-state index is 12.6. The summed E-state index contributed by atoms with van der Waals surface area (Å²) in [5.74, 6) is 2.51. The van der Waals surface area contributed by atoms with Gasteiger partial charge in [0.25, 0.3) is 5.91 Å². The molecule has 1 amide bonds. The second kappa shape index (κ2) is 8.36. The molecule has 2 saturated carbocycles. The van der Waals surface area contributed by atoms with Crippen LogP contribution in [0, 0.1) is 17.3 Å². The number of hydrogen-bond donors (Lipinski definition) is 1. The molecule has 1 aliphatic heterocycles. The summed E-state index contributed by atoms with van der Waals surface area (Å²) in [6, 6.07) is 3.76. The normalized spacial score (nSPS) is 30.9. The Morgan fingerprint density at radius 3 is 2.46 bits per heavy atom. The predicted molar refractivity (Wildman–Crippen MR) is 111 cm³/mol. The summed E-state index contributed by atoms with van der Waals surface area (Å²) in [6.45, 7) is 10.4. The van der Waals surface area contributed by atoms with Gasteiger partial charge in [-0.25, -0.2) is 0 Å². The van der Waals surface area contributed by atoms with Gasteiger partial charge in [0.1, 0.15) is 0 Å². The summed E-state index contributed by atoms with van der Waals surface area (Å²) in [5.41, 5.74) is 0.659. The number of nitrogens with one attached hydrogen (secondary N) is 1. The van der Waals surface area contributed by atoms with Crippen molar-refractivity contribution in [1.82, 2.24) is 20.4 Å². The molecular weight excluding hydrogens is 350 g/mol. The molecule has 2 aliphatic carbocycles. The van der Waals surface area contributed by atoms with Crippen molar-refractivity contribution < 1.29 is 4.79 Å². The zero-order valence-corrected chi connectivity index (χ0v) is 17.5. The zero-order chi connectivity index (χ0) is 19.6. The molecule has 154 valence electrons. The van der Waals surface area contributed by atoms with E-state index in [0.29, 0.717) is 5.69 Å². The fourth-order valence-electron chi connectivity index (χ4n) is 5.69. The highest BCUT2D eigenvalue weighted by molar-refractivity contribution is 5.92. The minimum Gasteiger partial charge on any atom is -0.353 e. The number of rotatable bonds is 5. The van der Waals surface area contributed by atoms with Gasteiger partial charge in [0, 0.05) is 32.7 Å². The van der Waals surface area contributed by atoms with E-state index in [1.54, 1.807) is 0 Å². The third-order valence-corrected chi connectivity index (χ3v) is 7.16. The fraction of sp³-hybridized carbons (Fsp3) is 0.773. The first kappa shape index (κ1) is 19.6. The van der Waals surface area contributed by atoms with Crippen molar-refractivity contribution in [3.05, 3.63) is 17.8 Å². The van der Waals surface area contributed by atoms with Crippen molar-refractivity contribution in [2.75, 3.05) is 44.2 Å². The molecule has 0 spiro atoms. The van der Waals surface area contributed by atoms with E-state index in [9.17, 15) is 4.79 Å². The summed E-state index contributed by atoms with van der Waals surface area (Å²) in [6.07, 6.45) is 8.05. The Bertz CT molecular complexity index is 656. The molecule has 4 rings (SSSR count). The topological polar surface area (TPSA) is 61.4 Å². The smallest absolute Gasteiger partial charge is 0.271 e. The van der Waals surface area contributed by atoms with Gasteiger partial charge in [-0.1, -0.05) is 33.1 Å². The van der Waals surface area contributed by atoms with Gasteiger partial charge < -0.3 is 15.1 Å². The van der Waals surface area contributed by atoms with Crippen molar-refractivity contribution in [1.29, 1.82) is 0 Å². The summed E-state index contributed by atoms with van der Waals surface area (Å²) < 4.78 is 0. The van der Waals surface area contributed by atoms with Gasteiger partial charge in [0.2, 0.25) is 0 Å². The van der Waals surface area contributed by atoms with Crippen molar-refractivity contribution in [3.63, 3.8) is 0 Å². The molecule has 2 bridgehead atoms.